The molecule has 0 aliphatic carbocycles. The molecule has 66 valence electrons. The highest BCUT2D eigenvalue weighted by Gasteiger charge is 2.03. The molecule has 2 heteroatoms. The summed E-state index contributed by atoms with van der Waals surface area (Å²) < 4.78 is 0. The monoisotopic (exact) mass is 181 g/mol. The van der Waals surface area contributed by atoms with Gasteiger partial charge in [0.25, 0.3) is 0 Å². The van der Waals surface area contributed by atoms with Gasteiger partial charge in [0.15, 0.2) is 0 Å². The van der Waals surface area contributed by atoms with Gasteiger partial charge in [0.2, 0.25) is 0 Å². The molecule has 1 atom stereocenters. The third-order valence-corrected chi connectivity index (χ3v) is 2.46. The smallest absolute Gasteiger partial charge is 0.0279 e. The van der Waals surface area contributed by atoms with Crippen molar-refractivity contribution in [2.75, 3.05) is 6.54 Å². The normalized spacial score (nSPS) is 12.9. The first-order valence-corrected chi connectivity index (χ1v) is 4.70. The Kier molecular flexibility index (Phi) is 3.63. The first kappa shape index (κ1) is 9.62. The van der Waals surface area contributed by atoms with Crippen molar-refractivity contribution in [3.8, 4) is 0 Å². The number of aryl methyl sites for hydroxylation is 1. The lowest BCUT2D eigenvalue weighted by molar-refractivity contribution is 0.819. The van der Waals surface area contributed by atoms with Gasteiger partial charge < -0.3 is 5.73 Å². The molecule has 0 spiro atoms. The zero-order valence-electron chi connectivity index (χ0n) is 7.33. The molecular weight excluding hydrogens is 166 g/mol. The topological polar surface area (TPSA) is 26.0 Å². The Balaban J connectivity index is 2.68. The minimum absolute atomic E-state index is 0.288. The van der Waals surface area contributed by atoms with E-state index >= 15 is 0 Å². The van der Waals surface area contributed by atoms with Crippen molar-refractivity contribution in [1.29, 1.82) is 0 Å². The summed E-state index contributed by atoms with van der Waals surface area (Å²) in [6.07, 6.45) is 0.937. The Hall–Kier alpha value is -0.470. The van der Waals surface area contributed by atoms with Crippen LogP contribution in [0.1, 0.15) is 22.8 Å². The second-order valence-electron chi connectivity index (χ2n) is 3.00. The van der Waals surface area contributed by atoms with E-state index in [4.69, 9.17) is 5.73 Å². The van der Waals surface area contributed by atoms with Crippen LogP contribution in [0.25, 0.3) is 0 Å². The average Bonchev–Trinajstić information content (AvgIpc) is 2.06. The molecule has 1 aromatic rings. The summed E-state index contributed by atoms with van der Waals surface area (Å²) in [6, 6.07) is 8.44. The Bertz CT molecular complexity index is 230. The molecule has 2 N–H and O–H groups in total. The van der Waals surface area contributed by atoms with Gasteiger partial charge in [0, 0.05) is 5.25 Å². The number of thiol groups is 1. The second kappa shape index (κ2) is 4.53. The molecule has 1 rings (SSSR count). The maximum atomic E-state index is 5.45. The summed E-state index contributed by atoms with van der Waals surface area (Å²) in [5.74, 6) is 0. The van der Waals surface area contributed by atoms with Gasteiger partial charge in [-0.3, -0.25) is 0 Å². The van der Waals surface area contributed by atoms with E-state index in [0.717, 1.165) is 6.42 Å². The molecule has 0 radical (unpaired) electrons. The van der Waals surface area contributed by atoms with E-state index in [-0.39, 0.29) is 5.25 Å². The summed E-state index contributed by atoms with van der Waals surface area (Å²) in [5.41, 5.74) is 7.99. The SMILES string of the molecule is Cc1ccc(C(S)CCN)cc1. The molecule has 0 aromatic heterocycles. The lowest BCUT2D eigenvalue weighted by Gasteiger charge is -2.09. The Morgan fingerprint density at radius 3 is 2.42 bits per heavy atom. The summed E-state index contributed by atoms with van der Waals surface area (Å²) >= 11 is 4.45. The number of rotatable bonds is 3. The fourth-order valence-electron chi connectivity index (χ4n) is 1.11. The van der Waals surface area contributed by atoms with Crippen molar-refractivity contribution >= 4 is 12.6 Å². The van der Waals surface area contributed by atoms with E-state index in [2.05, 4.69) is 43.8 Å². The molecule has 0 saturated carbocycles. The second-order valence-corrected chi connectivity index (χ2v) is 3.63. The van der Waals surface area contributed by atoms with E-state index in [9.17, 15) is 0 Å². The molecule has 0 heterocycles. The van der Waals surface area contributed by atoms with Crippen LogP contribution in [-0.4, -0.2) is 6.54 Å². The van der Waals surface area contributed by atoms with Gasteiger partial charge in [-0.25, -0.2) is 0 Å². The number of nitrogens with two attached hydrogens (primary N) is 1. The molecule has 0 saturated heterocycles. The molecule has 12 heavy (non-hydrogen) atoms. The van der Waals surface area contributed by atoms with Crippen LogP contribution in [-0.2, 0) is 0 Å². The van der Waals surface area contributed by atoms with E-state index in [1.165, 1.54) is 11.1 Å². The maximum Gasteiger partial charge on any atom is 0.0279 e. The minimum atomic E-state index is 0.288. The minimum Gasteiger partial charge on any atom is -0.330 e. The van der Waals surface area contributed by atoms with Crippen molar-refractivity contribution in [2.45, 2.75) is 18.6 Å². The van der Waals surface area contributed by atoms with Crippen LogP contribution in [0.4, 0.5) is 0 Å². The van der Waals surface area contributed by atoms with Crippen LogP contribution in [0.3, 0.4) is 0 Å². The van der Waals surface area contributed by atoms with E-state index < -0.39 is 0 Å². The van der Waals surface area contributed by atoms with Crippen LogP contribution < -0.4 is 5.73 Å². The molecule has 1 aromatic carbocycles. The highest BCUT2D eigenvalue weighted by atomic mass is 32.1. The molecule has 0 amide bonds. The van der Waals surface area contributed by atoms with Crippen molar-refractivity contribution in [1.82, 2.24) is 0 Å². The molecule has 0 aliphatic rings. The number of hydrogen-bond acceptors (Lipinski definition) is 2. The summed E-state index contributed by atoms with van der Waals surface area (Å²) in [5, 5.41) is 0.288. The maximum absolute atomic E-state index is 5.45. The van der Waals surface area contributed by atoms with Gasteiger partial charge >= 0.3 is 0 Å². The molecule has 1 unspecified atom stereocenters. The predicted molar refractivity (Wildman–Crippen MR) is 56.6 cm³/mol. The third kappa shape index (κ3) is 2.54. The highest BCUT2D eigenvalue weighted by molar-refractivity contribution is 7.80. The summed E-state index contributed by atoms with van der Waals surface area (Å²) in [7, 11) is 0. The van der Waals surface area contributed by atoms with E-state index in [1.54, 1.807) is 0 Å². The van der Waals surface area contributed by atoms with Crippen molar-refractivity contribution in [3.05, 3.63) is 35.4 Å². The Morgan fingerprint density at radius 1 is 1.33 bits per heavy atom. The van der Waals surface area contributed by atoms with Crippen LogP contribution in [0.5, 0.6) is 0 Å². The third-order valence-electron chi connectivity index (χ3n) is 1.90. The predicted octanol–water partition coefficient (Wildman–Crippen LogP) is 2.31. The van der Waals surface area contributed by atoms with E-state index in [1.807, 2.05) is 0 Å². The number of benzene rings is 1. The first-order valence-electron chi connectivity index (χ1n) is 4.18. The Morgan fingerprint density at radius 2 is 1.92 bits per heavy atom. The van der Waals surface area contributed by atoms with Crippen LogP contribution >= 0.6 is 12.6 Å². The molecule has 0 fully saturated rings. The standard InChI is InChI=1S/C10H15NS/c1-8-2-4-9(5-3-8)10(12)6-7-11/h2-5,10,12H,6-7,11H2,1H3. The van der Waals surface area contributed by atoms with Gasteiger partial charge in [0.05, 0.1) is 0 Å². The van der Waals surface area contributed by atoms with Crippen LogP contribution in [0.2, 0.25) is 0 Å². The highest BCUT2D eigenvalue weighted by Crippen LogP contribution is 2.22. The largest absolute Gasteiger partial charge is 0.330 e. The van der Waals surface area contributed by atoms with E-state index in [0.29, 0.717) is 6.54 Å². The zero-order valence-corrected chi connectivity index (χ0v) is 8.22. The van der Waals surface area contributed by atoms with Gasteiger partial charge in [0.1, 0.15) is 0 Å². The average molecular weight is 181 g/mol. The van der Waals surface area contributed by atoms with Gasteiger partial charge in [-0.05, 0) is 25.5 Å². The van der Waals surface area contributed by atoms with Crippen LogP contribution in [0.15, 0.2) is 24.3 Å². The molecule has 1 nitrogen and oxygen atoms in total. The molecule has 0 bridgehead atoms. The lowest BCUT2D eigenvalue weighted by Crippen LogP contribution is -2.02. The van der Waals surface area contributed by atoms with Crippen molar-refractivity contribution in [3.63, 3.8) is 0 Å². The van der Waals surface area contributed by atoms with Gasteiger partial charge in [-0.2, -0.15) is 12.6 Å². The summed E-state index contributed by atoms with van der Waals surface area (Å²) in [6.45, 7) is 2.78. The van der Waals surface area contributed by atoms with Crippen molar-refractivity contribution < 1.29 is 0 Å². The Labute approximate surface area is 79.4 Å². The first-order chi connectivity index (χ1) is 5.74. The fraction of sp³-hybridized carbons (Fsp3) is 0.400. The van der Waals surface area contributed by atoms with Gasteiger partial charge in [-0.1, -0.05) is 29.8 Å². The van der Waals surface area contributed by atoms with Crippen molar-refractivity contribution in [2.24, 2.45) is 5.73 Å². The van der Waals surface area contributed by atoms with Crippen LogP contribution in [0, 0.1) is 6.92 Å². The molecular formula is C10H15NS. The number of hydrogen-bond donors (Lipinski definition) is 2. The molecule has 0 aliphatic heterocycles. The van der Waals surface area contributed by atoms with Gasteiger partial charge in [-0.15, -0.1) is 0 Å². The lowest BCUT2D eigenvalue weighted by atomic mass is 10.1. The summed E-state index contributed by atoms with van der Waals surface area (Å²) in [4.78, 5) is 0. The fourth-order valence-corrected chi connectivity index (χ4v) is 1.43. The quantitative estimate of drug-likeness (QED) is 0.688. The zero-order chi connectivity index (χ0) is 8.97.